The second-order valence-electron chi connectivity index (χ2n) is 6.30. The van der Waals surface area contributed by atoms with Gasteiger partial charge in [0, 0.05) is 11.0 Å². The zero-order valence-electron chi connectivity index (χ0n) is 12.1. The van der Waals surface area contributed by atoms with Crippen LogP contribution in [0.5, 0.6) is 0 Å². The van der Waals surface area contributed by atoms with E-state index in [-0.39, 0.29) is 0 Å². The molecule has 0 aliphatic carbocycles. The third-order valence-corrected chi connectivity index (χ3v) is 4.97. The van der Waals surface area contributed by atoms with Crippen molar-refractivity contribution in [3.63, 3.8) is 0 Å². The van der Waals surface area contributed by atoms with Crippen LogP contribution in [0.4, 0.5) is 5.95 Å². The number of benzene rings is 1. The van der Waals surface area contributed by atoms with Gasteiger partial charge in [-0.3, -0.25) is 0 Å². The first kappa shape index (κ1) is 13.9. The molecule has 0 unspecified atom stereocenters. The zero-order chi connectivity index (χ0) is 14.3. The predicted octanol–water partition coefficient (Wildman–Crippen LogP) is 3.11. The largest absolute Gasteiger partial charge is 0.369 e. The van der Waals surface area contributed by atoms with Gasteiger partial charge in [-0.25, -0.2) is 4.98 Å². The highest BCUT2D eigenvalue weighted by Crippen LogP contribution is 2.34. The fraction of sp³-hybridized carbons (Fsp3) is 0.533. The number of hydrogen-bond acceptors (Lipinski definition) is 3. The van der Waals surface area contributed by atoms with E-state index in [0.717, 1.165) is 35.1 Å². The highest BCUT2D eigenvalue weighted by Gasteiger charge is 2.30. The maximum absolute atomic E-state index is 6.13. The molecule has 1 aromatic carbocycles. The van der Waals surface area contributed by atoms with Gasteiger partial charge in [-0.05, 0) is 56.6 Å². The van der Waals surface area contributed by atoms with Crippen LogP contribution in [0.2, 0.25) is 0 Å². The SMILES string of the molecule is CN1CCC(C)(Cn2c(N)nc3ccc(Br)cc32)CC1. The van der Waals surface area contributed by atoms with Gasteiger partial charge in [0.15, 0.2) is 0 Å². The van der Waals surface area contributed by atoms with Gasteiger partial charge in [0.2, 0.25) is 5.95 Å². The molecule has 0 saturated carbocycles. The molecule has 1 aromatic heterocycles. The van der Waals surface area contributed by atoms with Crippen molar-refractivity contribution in [1.82, 2.24) is 14.5 Å². The smallest absolute Gasteiger partial charge is 0.201 e. The van der Waals surface area contributed by atoms with E-state index in [4.69, 9.17) is 5.73 Å². The Balaban J connectivity index is 1.94. The van der Waals surface area contributed by atoms with Crippen LogP contribution in [0.25, 0.3) is 11.0 Å². The minimum absolute atomic E-state index is 0.302. The van der Waals surface area contributed by atoms with Crippen molar-refractivity contribution in [3.8, 4) is 0 Å². The molecule has 4 nitrogen and oxygen atoms in total. The molecule has 5 heteroatoms. The predicted molar refractivity (Wildman–Crippen MR) is 86.7 cm³/mol. The summed E-state index contributed by atoms with van der Waals surface area (Å²) in [6.07, 6.45) is 2.41. The summed E-state index contributed by atoms with van der Waals surface area (Å²) in [6, 6.07) is 6.14. The Labute approximate surface area is 128 Å². The van der Waals surface area contributed by atoms with Gasteiger partial charge in [0.05, 0.1) is 11.0 Å². The Morgan fingerprint density at radius 3 is 2.75 bits per heavy atom. The minimum atomic E-state index is 0.302. The first-order valence-electron chi connectivity index (χ1n) is 7.07. The van der Waals surface area contributed by atoms with E-state index < -0.39 is 0 Å². The Kier molecular flexibility index (Phi) is 3.50. The number of nitrogens with zero attached hydrogens (tertiary/aromatic N) is 3. The van der Waals surface area contributed by atoms with Gasteiger partial charge in [-0.15, -0.1) is 0 Å². The lowest BCUT2D eigenvalue weighted by Gasteiger charge is -2.38. The molecule has 1 fully saturated rings. The standard InChI is InChI=1S/C15H21BrN4/c1-15(5-7-19(2)8-6-15)10-20-13-9-11(16)3-4-12(13)18-14(20)17/h3-4,9H,5-8,10H2,1-2H3,(H2,17,18). The van der Waals surface area contributed by atoms with E-state index in [1.807, 2.05) is 12.1 Å². The fourth-order valence-corrected chi connectivity index (χ4v) is 3.33. The van der Waals surface area contributed by atoms with E-state index in [0.29, 0.717) is 11.4 Å². The number of aromatic nitrogens is 2. The molecule has 2 aromatic rings. The van der Waals surface area contributed by atoms with Gasteiger partial charge in [-0.1, -0.05) is 22.9 Å². The van der Waals surface area contributed by atoms with E-state index in [1.54, 1.807) is 0 Å². The first-order valence-corrected chi connectivity index (χ1v) is 7.86. The van der Waals surface area contributed by atoms with Crippen molar-refractivity contribution in [2.75, 3.05) is 25.9 Å². The Morgan fingerprint density at radius 1 is 1.35 bits per heavy atom. The van der Waals surface area contributed by atoms with Crippen LogP contribution >= 0.6 is 15.9 Å². The maximum atomic E-state index is 6.13. The van der Waals surface area contributed by atoms with Gasteiger partial charge in [-0.2, -0.15) is 0 Å². The molecule has 1 aliphatic rings. The number of nitrogen functional groups attached to an aromatic ring is 1. The lowest BCUT2D eigenvalue weighted by atomic mass is 9.80. The summed E-state index contributed by atoms with van der Waals surface area (Å²) >= 11 is 3.53. The summed E-state index contributed by atoms with van der Waals surface area (Å²) < 4.78 is 3.24. The molecule has 0 bridgehead atoms. The molecule has 0 amide bonds. The van der Waals surface area contributed by atoms with Gasteiger partial charge in [0.1, 0.15) is 0 Å². The average molecular weight is 337 g/mol. The molecule has 1 saturated heterocycles. The number of piperidine rings is 1. The van der Waals surface area contributed by atoms with Crippen LogP contribution in [0.3, 0.4) is 0 Å². The molecule has 108 valence electrons. The van der Waals surface area contributed by atoms with Crippen molar-refractivity contribution >= 4 is 32.9 Å². The molecular weight excluding hydrogens is 316 g/mol. The summed E-state index contributed by atoms with van der Waals surface area (Å²) in [4.78, 5) is 6.87. The lowest BCUT2D eigenvalue weighted by molar-refractivity contribution is 0.122. The lowest BCUT2D eigenvalue weighted by Crippen LogP contribution is -2.38. The van der Waals surface area contributed by atoms with E-state index in [9.17, 15) is 0 Å². The molecule has 0 spiro atoms. The van der Waals surface area contributed by atoms with Crippen molar-refractivity contribution in [2.24, 2.45) is 5.41 Å². The number of hydrogen-bond donors (Lipinski definition) is 1. The highest BCUT2D eigenvalue weighted by molar-refractivity contribution is 9.10. The van der Waals surface area contributed by atoms with Crippen molar-refractivity contribution < 1.29 is 0 Å². The molecule has 20 heavy (non-hydrogen) atoms. The molecule has 1 aliphatic heterocycles. The van der Waals surface area contributed by atoms with E-state index >= 15 is 0 Å². The first-order chi connectivity index (χ1) is 9.47. The van der Waals surface area contributed by atoms with Crippen LogP contribution in [0.15, 0.2) is 22.7 Å². The monoisotopic (exact) mass is 336 g/mol. The topological polar surface area (TPSA) is 47.1 Å². The number of rotatable bonds is 2. The third-order valence-electron chi connectivity index (χ3n) is 4.47. The average Bonchev–Trinajstić information content (AvgIpc) is 2.70. The third kappa shape index (κ3) is 2.56. The second kappa shape index (κ2) is 5.04. The summed E-state index contributed by atoms with van der Waals surface area (Å²) in [5.41, 5.74) is 8.53. The highest BCUT2D eigenvalue weighted by atomic mass is 79.9. The van der Waals surface area contributed by atoms with Gasteiger partial charge in [0.25, 0.3) is 0 Å². The molecule has 2 heterocycles. The van der Waals surface area contributed by atoms with Crippen LogP contribution in [0.1, 0.15) is 19.8 Å². The number of fused-ring (bicyclic) bond motifs is 1. The number of nitrogens with two attached hydrogens (primary N) is 1. The van der Waals surface area contributed by atoms with Gasteiger partial charge < -0.3 is 15.2 Å². The molecule has 0 atom stereocenters. The maximum Gasteiger partial charge on any atom is 0.201 e. The number of imidazole rings is 1. The van der Waals surface area contributed by atoms with E-state index in [2.05, 4.69) is 50.4 Å². The van der Waals surface area contributed by atoms with Crippen LogP contribution < -0.4 is 5.73 Å². The summed E-state index contributed by atoms with van der Waals surface area (Å²) in [5, 5.41) is 0. The Bertz CT molecular complexity index is 626. The molecule has 3 rings (SSSR count). The van der Waals surface area contributed by atoms with Crippen LogP contribution in [-0.2, 0) is 6.54 Å². The molecule has 0 radical (unpaired) electrons. The van der Waals surface area contributed by atoms with E-state index in [1.165, 1.54) is 12.8 Å². The second-order valence-corrected chi connectivity index (χ2v) is 7.22. The summed E-state index contributed by atoms with van der Waals surface area (Å²) in [5.74, 6) is 0.623. The van der Waals surface area contributed by atoms with Crippen LogP contribution in [-0.4, -0.2) is 34.6 Å². The van der Waals surface area contributed by atoms with Crippen molar-refractivity contribution in [1.29, 1.82) is 0 Å². The fourth-order valence-electron chi connectivity index (χ4n) is 2.98. The van der Waals surface area contributed by atoms with Crippen molar-refractivity contribution in [3.05, 3.63) is 22.7 Å². The molecular formula is C15H21BrN4. The minimum Gasteiger partial charge on any atom is -0.369 e. The summed E-state index contributed by atoms with van der Waals surface area (Å²) in [7, 11) is 2.19. The van der Waals surface area contributed by atoms with Crippen molar-refractivity contribution in [2.45, 2.75) is 26.3 Å². The molecule has 2 N–H and O–H groups in total. The zero-order valence-corrected chi connectivity index (χ0v) is 13.7. The Morgan fingerprint density at radius 2 is 2.05 bits per heavy atom. The summed E-state index contributed by atoms with van der Waals surface area (Å²) in [6.45, 7) is 5.63. The number of likely N-dealkylation sites (tertiary alicyclic amines) is 1. The number of anilines is 1. The normalized spacial score (nSPS) is 19.6. The number of halogens is 1. The quantitative estimate of drug-likeness (QED) is 0.916. The Hall–Kier alpha value is -1.07. The van der Waals surface area contributed by atoms with Crippen LogP contribution in [0, 0.1) is 5.41 Å². The van der Waals surface area contributed by atoms with Gasteiger partial charge >= 0.3 is 0 Å².